The molecule has 0 radical (unpaired) electrons. The number of nitrogens with zero attached hydrogens (tertiary/aromatic N) is 1. The largest absolute Gasteiger partial charge is 0.444 e. The summed E-state index contributed by atoms with van der Waals surface area (Å²) in [5.41, 5.74) is 4.55. The van der Waals surface area contributed by atoms with E-state index in [0.29, 0.717) is 29.6 Å². The number of halogens is 1. The van der Waals surface area contributed by atoms with Gasteiger partial charge in [-0.15, -0.1) is 0 Å². The van der Waals surface area contributed by atoms with E-state index in [-0.39, 0.29) is 6.03 Å². The highest BCUT2D eigenvalue weighted by atomic mass is 35.5. The molecule has 0 saturated carbocycles. The first kappa shape index (κ1) is 18.0. The van der Waals surface area contributed by atoms with E-state index in [1.54, 1.807) is 18.4 Å². The molecular formula is C20H20ClN3O2. The number of aryl methyl sites for hydroxylation is 2. The Morgan fingerprint density at radius 3 is 2.69 bits per heavy atom. The maximum atomic E-state index is 12.0. The highest BCUT2D eigenvalue weighted by Gasteiger charge is 2.08. The number of amides is 2. The SMILES string of the molecule is Cc1ccc(-c2nc(CCNC(=O)Nc3cc(Cl)ccc3C)co2)cc1. The van der Waals surface area contributed by atoms with Crippen LogP contribution in [-0.2, 0) is 6.42 Å². The average molecular weight is 370 g/mol. The fourth-order valence-corrected chi connectivity index (χ4v) is 2.62. The quantitative estimate of drug-likeness (QED) is 0.666. The van der Waals surface area contributed by atoms with Gasteiger partial charge in [-0.1, -0.05) is 35.4 Å². The Kier molecular flexibility index (Phi) is 5.58. The van der Waals surface area contributed by atoms with Crippen LogP contribution >= 0.6 is 11.6 Å². The Morgan fingerprint density at radius 2 is 1.92 bits per heavy atom. The molecule has 0 aliphatic rings. The monoisotopic (exact) mass is 369 g/mol. The summed E-state index contributed by atoms with van der Waals surface area (Å²) in [7, 11) is 0. The summed E-state index contributed by atoms with van der Waals surface area (Å²) in [6.45, 7) is 4.39. The molecule has 2 N–H and O–H groups in total. The number of anilines is 1. The second-order valence-electron chi connectivity index (χ2n) is 6.10. The summed E-state index contributed by atoms with van der Waals surface area (Å²) < 4.78 is 5.52. The second kappa shape index (κ2) is 8.06. The van der Waals surface area contributed by atoms with Crippen LogP contribution in [0.3, 0.4) is 0 Å². The van der Waals surface area contributed by atoms with Gasteiger partial charge >= 0.3 is 6.03 Å². The van der Waals surface area contributed by atoms with Crippen LogP contribution in [0.1, 0.15) is 16.8 Å². The fourth-order valence-electron chi connectivity index (χ4n) is 2.45. The third kappa shape index (κ3) is 4.64. The number of aromatic nitrogens is 1. The first-order valence-corrected chi connectivity index (χ1v) is 8.71. The van der Waals surface area contributed by atoms with E-state index in [9.17, 15) is 4.79 Å². The van der Waals surface area contributed by atoms with Crippen LogP contribution in [0.2, 0.25) is 5.02 Å². The number of hydrogen-bond donors (Lipinski definition) is 2. The first-order valence-electron chi connectivity index (χ1n) is 8.34. The van der Waals surface area contributed by atoms with Crippen molar-refractivity contribution in [3.8, 4) is 11.5 Å². The maximum Gasteiger partial charge on any atom is 0.319 e. The van der Waals surface area contributed by atoms with Gasteiger partial charge < -0.3 is 15.1 Å². The molecule has 3 rings (SSSR count). The predicted octanol–water partition coefficient (Wildman–Crippen LogP) is 4.98. The van der Waals surface area contributed by atoms with Gasteiger partial charge in [-0.3, -0.25) is 0 Å². The van der Waals surface area contributed by atoms with Crippen LogP contribution in [0, 0.1) is 13.8 Å². The summed E-state index contributed by atoms with van der Waals surface area (Å²) in [6, 6.07) is 13.1. The Morgan fingerprint density at radius 1 is 1.15 bits per heavy atom. The number of carbonyl (C=O) groups is 1. The van der Waals surface area contributed by atoms with Crippen LogP contribution in [0.5, 0.6) is 0 Å². The van der Waals surface area contributed by atoms with Crippen molar-refractivity contribution in [3.63, 3.8) is 0 Å². The topological polar surface area (TPSA) is 67.2 Å². The minimum atomic E-state index is -0.280. The van der Waals surface area contributed by atoms with Gasteiger partial charge in [-0.25, -0.2) is 9.78 Å². The van der Waals surface area contributed by atoms with Crippen molar-refractivity contribution >= 4 is 23.3 Å². The molecule has 2 aromatic carbocycles. The maximum absolute atomic E-state index is 12.0. The normalized spacial score (nSPS) is 10.6. The smallest absolute Gasteiger partial charge is 0.319 e. The van der Waals surface area contributed by atoms with E-state index in [0.717, 1.165) is 16.8 Å². The highest BCUT2D eigenvalue weighted by molar-refractivity contribution is 6.31. The zero-order chi connectivity index (χ0) is 18.5. The van der Waals surface area contributed by atoms with E-state index in [4.69, 9.17) is 16.0 Å². The molecule has 0 aliphatic carbocycles. The molecule has 0 saturated heterocycles. The number of benzene rings is 2. The number of carbonyl (C=O) groups excluding carboxylic acids is 1. The first-order chi connectivity index (χ1) is 12.5. The van der Waals surface area contributed by atoms with E-state index in [1.807, 2.05) is 44.2 Å². The van der Waals surface area contributed by atoms with E-state index in [2.05, 4.69) is 15.6 Å². The van der Waals surface area contributed by atoms with Crippen molar-refractivity contribution in [1.82, 2.24) is 10.3 Å². The van der Waals surface area contributed by atoms with Crippen molar-refractivity contribution in [3.05, 3.63) is 70.6 Å². The number of hydrogen-bond acceptors (Lipinski definition) is 3. The van der Waals surface area contributed by atoms with Gasteiger partial charge in [0.2, 0.25) is 5.89 Å². The molecule has 134 valence electrons. The van der Waals surface area contributed by atoms with Crippen molar-refractivity contribution in [2.45, 2.75) is 20.3 Å². The van der Waals surface area contributed by atoms with Crippen LogP contribution in [0.4, 0.5) is 10.5 Å². The van der Waals surface area contributed by atoms with E-state index < -0.39 is 0 Å². The van der Waals surface area contributed by atoms with Gasteiger partial charge in [-0.2, -0.15) is 0 Å². The van der Waals surface area contributed by atoms with Gasteiger partial charge in [0, 0.05) is 29.2 Å². The Balaban J connectivity index is 1.51. The van der Waals surface area contributed by atoms with Gasteiger partial charge in [0.05, 0.1) is 5.69 Å². The molecule has 5 nitrogen and oxygen atoms in total. The van der Waals surface area contributed by atoms with Crippen LogP contribution in [-0.4, -0.2) is 17.6 Å². The molecule has 0 unspecified atom stereocenters. The zero-order valence-corrected chi connectivity index (χ0v) is 15.4. The molecule has 3 aromatic rings. The lowest BCUT2D eigenvalue weighted by Gasteiger charge is -2.09. The van der Waals surface area contributed by atoms with Gasteiger partial charge in [0.15, 0.2) is 0 Å². The standard InChI is InChI=1S/C20H20ClN3O2/c1-13-3-6-15(7-4-13)19-23-17(12-26-19)9-10-22-20(25)24-18-11-16(21)8-5-14(18)2/h3-8,11-12H,9-10H2,1-2H3,(H2,22,24,25). The molecule has 26 heavy (non-hydrogen) atoms. The second-order valence-corrected chi connectivity index (χ2v) is 6.54. The number of nitrogens with one attached hydrogen (secondary N) is 2. The third-order valence-corrected chi connectivity index (χ3v) is 4.20. The molecule has 6 heteroatoms. The van der Waals surface area contributed by atoms with Crippen LogP contribution in [0.15, 0.2) is 53.1 Å². The number of urea groups is 1. The van der Waals surface area contributed by atoms with Gasteiger partial charge in [-0.05, 0) is 43.7 Å². The lowest BCUT2D eigenvalue weighted by molar-refractivity contribution is 0.252. The Hall–Kier alpha value is -2.79. The highest BCUT2D eigenvalue weighted by Crippen LogP contribution is 2.20. The molecule has 1 heterocycles. The summed E-state index contributed by atoms with van der Waals surface area (Å²) in [5.74, 6) is 0.582. The fraction of sp³-hybridized carbons (Fsp3) is 0.200. The van der Waals surface area contributed by atoms with Crippen molar-refractivity contribution in [1.29, 1.82) is 0 Å². The lowest BCUT2D eigenvalue weighted by Crippen LogP contribution is -2.30. The third-order valence-electron chi connectivity index (χ3n) is 3.96. The molecule has 0 bridgehead atoms. The van der Waals surface area contributed by atoms with Crippen molar-refractivity contribution in [2.24, 2.45) is 0 Å². The van der Waals surface area contributed by atoms with Crippen molar-refractivity contribution in [2.75, 3.05) is 11.9 Å². The van der Waals surface area contributed by atoms with Gasteiger partial charge in [0.25, 0.3) is 0 Å². The Bertz CT molecular complexity index is 904. The van der Waals surface area contributed by atoms with Crippen LogP contribution in [0.25, 0.3) is 11.5 Å². The lowest BCUT2D eigenvalue weighted by atomic mass is 10.1. The predicted molar refractivity (Wildman–Crippen MR) is 104 cm³/mol. The van der Waals surface area contributed by atoms with Crippen LogP contribution < -0.4 is 10.6 Å². The average Bonchev–Trinajstić information content (AvgIpc) is 3.08. The summed E-state index contributed by atoms with van der Waals surface area (Å²) >= 11 is 5.96. The zero-order valence-electron chi connectivity index (χ0n) is 14.7. The number of rotatable bonds is 5. The van der Waals surface area contributed by atoms with Crippen molar-refractivity contribution < 1.29 is 9.21 Å². The number of oxazole rings is 1. The van der Waals surface area contributed by atoms with E-state index in [1.165, 1.54) is 5.56 Å². The summed E-state index contributed by atoms with van der Waals surface area (Å²) in [6.07, 6.45) is 2.20. The molecular weight excluding hydrogens is 350 g/mol. The Labute approximate surface area is 157 Å². The minimum Gasteiger partial charge on any atom is -0.444 e. The minimum absolute atomic E-state index is 0.280. The summed E-state index contributed by atoms with van der Waals surface area (Å²) in [5, 5.41) is 6.18. The molecule has 0 atom stereocenters. The molecule has 0 fully saturated rings. The molecule has 0 spiro atoms. The molecule has 0 aliphatic heterocycles. The van der Waals surface area contributed by atoms with Gasteiger partial charge in [0.1, 0.15) is 6.26 Å². The van der Waals surface area contributed by atoms with E-state index >= 15 is 0 Å². The molecule has 2 amide bonds. The summed E-state index contributed by atoms with van der Waals surface area (Å²) in [4.78, 5) is 16.5. The molecule has 1 aromatic heterocycles.